The van der Waals surface area contributed by atoms with Gasteiger partial charge < -0.3 is 10.1 Å². The molecule has 1 saturated heterocycles. The summed E-state index contributed by atoms with van der Waals surface area (Å²) in [6, 6.07) is 1.89. The van der Waals surface area contributed by atoms with Crippen molar-refractivity contribution in [2.24, 2.45) is 0 Å². The Kier molecular flexibility index (Phi) is 5.20. The standard InChI is InChI=1S/C13H21N3O2/c17-13(6-3-8-16-9-4-7-15-16)14-11-12-5-1-2-10-18-12/h4,7,9,12H,1-3,5-6,8,10-11H2,(H,14,17)/t12-/m1/s1. The van der Waals surface area contributed by atoms with Crippen molar-refractivity contribution >= 4 is 5.91 Å². The topological polar surface area (TPSA) is 56.2 Å². The van der Waals surface area contributed by atoms with Crippen molar-refractivity contribution < 1.29 is 9.53 Å². The first-order chi connectivity index (χ1) is 8.84. The van der Waals surface area contributed by atoms with Crippen molar-refractivity contribution in [3.8, 4) is 0 Å². The lowest BCUT2D eigenvalue weighted by Gasteiger charge is -2.22. The van der Waals surface area contributed by atoms with Gasteiger partial charge in [0.1, 0.15) is 0 Å². The molecule has 2 heterocycles. The average molecular weight is 251 g/mol. The first-order valence-corrected chi connectivity index (χ1v) is 6.70. The number of hydrogen-bond acceptors (Lipinski definition) is 3. The highest BCUT2D eigenvalue weighted by Crippen LogP contribution is 2.11. The summed E-state index contributed by atoms with van der Waals surface area (Å²) in [5, 5.41) is 7.04. The molecule has 0 spiro atoms. The zero-order chi connectivity index (χ0) is 12.6. The largest absolute Gasteiger partial charge is 0.376 e. The van der Waals surface area contributed by atoms with Crippen LogP contribution in [0.1, 0.15) is 32.1 Å². The van der Waals surface area contributed by atoms with E-state index in [-0.39, 0.29) is 12.0 Å². The Hall–Kier alpha value is -1.36. The third-order valence-corrected chi connectivity index (χ3v) is 3.15. The summed E-state index contributed by atoms with van der Waals surface area (Å²) >= 11 is 0. The average Bonchev–Trinajstić information content (AvgIpc) is 2.91. The van der Waals surface area contributed by atoms with E-state index in [1.807, 2.05) is 16.9 Å². The van der Waals surface area contributed by atoms with E-state index < -0.39 is 0 Å². The van der Waals surface area contributed by atoms with Gasteiger partial charge in [-0.2, -0.15) is 5.10 Å². The molecule has 1 aliphatic heterocycles. The predicted octanol–water partition coefficient (Wildman–Crippen LogP) is 1.35. The Bertz CT molecular complexity index is 345. The number of rotatable bonds is 6. The van der Waals surface area contributed by atoms with Crippen LogP contribution in [-0.2, 0) is 16.1 Å². The fourth-order valence-electron chi connectivity index (χ4n) is 2.12. The number of nitrogens with zero attached hydrogens (tertiary/aromatic N) is 2. The lowest BCUT2D eigenvalue weighted by atomic mass is 10.1. The van der Waals surface area contributed by atoms with Gasteiger partial charge in [0.25, 0.3) is 0 Å². The molecule has 5 nitrogen and oxygen atoms in total. The predicted molar refractivity (Wildman–Crippen MR) is 68.1 cm³/mol. The first-order valence-electron chi connectivity index (χ1n) is 6.70. The van der Waals surface area contributed by atoms with Crippen LogP contribution < -0.4 is 5.32 Å². The molecule has 5 heteroatoms. The Morgan fingerprint density at radius 2 is 2.44 bits per heavy atom. The highest BCUT2D eigenvalue weighted by Gasteiger charge is 2.14. The zero-order valence-electron chi connectivity index (χ0n) is 10.7. The van der Waals surface area contributed by atoms with Crippen molar-refractivity contribution in [3.05, 3.63) is 18.5 Å². The second-order valence-corrected chi connectivity index (χ2v) is 4.67. The molecule has 0 radical (unpaired) electrons. The SMILES string of the molecule is O=C(CCCn1cccn1)NC[C@H]1CCCCO1. The van der Waals surface area contributed by atoms with Crippen molar-refractivity contribution in [2.45, 2.75) is 44.8 Å². The molecule has 0 bridgehead atoms. The Balaban J connectivity index is 1.54. The smallest absolute Gasteiger partial charge is 0.220 e. The number of carbonyl (C=O) groups is 1. The third kappa shape index (κ3) is 4.49. The van der Waals surface area contributed by atoms with Crippen LogP contribution in [0.3, 0.4) is 0 Å². The Labute approximate surface area is 108 Å². The number of aromatic nitrogens is 2. The number of amides is 1. The summed E-state index contributed by atoms with van der Waals surface area (Å²) in [6.45, 7) is 2.28. The minimum Gasteiger partial charge on any atom is -0.376 e. The molecule has 18 heavy (non-hydrogen) atoms. The van der Waals surface area contributed by atoms with Gasteiger partial charge in [0, 0.05) is 38.5 Å². The fraction of sp³-hybridized carbons (Fsp3) is 0.692. The van der Waals surface area contributed by atoms with Gasteiger partial charge in [-0.25, -0.2) is 0 Å². The second-order valence-electron chi connectivity index (χ2n) is 4.67. The molecule has 2 rings (SSSR count). The van der Waals surface area contributed by atoms with Crippen molar-refractivity contribution in [2.75, 3.05) is 13.2 Å². The number of hydrogen-bond donors (Lipinski definition) is 1. The van der Waals surface area contributed by atoms with Gasteiger partial charge >= 0.3 is 0 Å². The number of carbonyl (C=O) groups excluding carboxylic acids is 1. The molecular weight excluding hydrogens is 230 g/mol. The fourth-order valence-corrected chi connectivity index (χ4v) is 2.12. The number of nitrogens with one attached hydrogen (secondary N) is 1. The molecule has 0 unspecified atom stereocenters. The molecule has 1 fully saturated rings. The van der Waals surface area contributed by atoms with Crippen LogP contribution in [0, 0.1) is 0 Å². The van der Waals surface area contributed by atoms with Gasteiger partial charge in [0.05, 0.1) is 6.10 Å². The zero-order valence-corrected chi connectivity index (χ0v) is 10.7. The summed E-state index contributed by atoms with van der Waals surface area (Å²) in [5.74, 6) is 0.108. The Morgan fingerprint density at radius 3 is 3.17 bits per heavy atom. The van der Waals surface area contributed by atoms with E-state index in [9.17, 15) is 4.79 Å². The molecule has 0 aliphatic carbocycles. The summed E-state index contributed by atoms with van der Waals surface area (Å²) in [4.78, 5) is 11.6. The summed E-state index contributed by atoms with van der Waals surface area (Å²) in [5.41, 5.74) is 0. The van der Waals surface area contributed by atoms with Crippen molar-refractivity contribution in [1.29, 1.82) is 0 Å². The normalized spacial score (nSPS) is 19.7. The monoisotopic (exact) mass is 251 g/mol. The van der Waals surface area contributed by atoms with E-state index in [1.54, 1.807) is 6.20 Å². The highest BCUT2D eigenvalue weighted by molar-refractivity contribution is 5.75. The molecule has 0 saturated carbocycles. The highest BCUT2D eigenvalue weighted by atomic mass is 16.5. The molecule has 100 valence electrons. The number of aryl methyl sites for hydroxylation is 1. The maximum Gasteiger partial charge on any atom is 0.220 e. The van der Waals surface area contributed by atoms with Gasteiger partial charge in [0.15, 0.2) is 0 Å². The first kappa shape index (κ1) is 13.1. The van der Waals surface area contributed by atoms with Gasteiger partial charge in [-0.1, -0.05) is 0 Å². The molecule has 1 amide bonds. The van der Waals surface area contributed by atoms with Gasteiger partial charge in [-0.3, -0.25) is 9.48 Å². The summed E-state index contributed by atoms with van der Waals surface area (Å²) in [6.07, 6.45) is 8.66. The molecule has 1 atom stereocenters. The van der Waals surface area contributed by atoms with E-state index in [0.717, 1.165) is 32.4 Å². The Morgan fingerprint density at radius 1 is 1.50 bits per heavy atom. The lowest BCUT2D eigenvalue weighted by Crippen LogP contribution is -2.35. The van der Waals surface area contributed by atoms with Crippen LogP contribution in [0.25, 0.3) is 0 Å². The maximum atomic E-state index is 11.6. The summed E-state index contributed by atoms with van der Waals surface area (Å²) < 4.78 is 7.41. The molecular formula is C13H21N3O2. The van der Waals surface area contributed by atoms with E-state index in [4.69, 9.17) is 4.74 Å². The molecule has 1 N–H and O–H groups in total. The van der Waals surface area contributed by atoms with E-state index >= 15 is 0 Å². The molecule has 0 aromatic carbocycles. The van der Waals surface area contributed by atoms with Crippen LogP contribution in [0.2, 0.25) is 0 Å². The minimum absolute atomic E-state index is 0.108. The van der Waals surface area contributed by atoms with Crippen molar-refractivity contribution in [3.63, 3.8) is 0 Å². The van der Waals surface area contributed by atoms with Gasteiger partial charge in [-0.15, -0.1) is 0 Å². The maximum absolute atomic E-state index is 11.6. The van der Waals surface area contributed by atoms with E-state index in [1.165, 1.54) is 6.42 Å². The number of ether oxygens (including phenoxy) is 1. The molecule has 1 aromatic heterocycles. The van der Waals surface area contributed by atoms with E-state index in [0.29, 0.717) is 13.0 Å². The van der Waals surface area contributed by atoms with Crippen LogP contribution in [0.5, 0.6) is 0 Å². The molecule has 1 aliphatic rings. The van der Waals surface area contributed by atoms with Crippen LogP contribution in [0.15, 0.2) is 18.5 Å². The van der Waals surface area contributed by atoms with E-state index in [2.05, 4.69) is 10.4 Å². The third-order valence-electron chi connectivity index (χ3n) is 3.15. The van der Waals surface area contributed by atoms with Crippen LogP contribution >= 0.6 is 0 Å². The van der Waals surface area contributed by atoms with Gasteiger partial charge in [0.2, 0.25) is 5.91 Å². The lowest BCUT2D eigenvalue weighted by molar-refractivity contribution is -0.122. The minimum atomic E-state index is 0.108. The van der Waals surface area contributed by atoms with Crippen molar-refractivity contribution in [1.82, 2.24) is 15.1 Å². The van der Waals surface area contributed by atoms with Crippen LogP contribution in [0.4, 0.5) is 0 Å². The summed E-state index contributed by atoms with van der Waals surface area (Å²) in [7, 11) is 0. The molecule has 1 aromatic rings. The quantitative estimate of drug-likeness (QED) is 0.830. The van der Waals surface area contributed by atoms with Crippen LogP contribution in [-0.4, -0.2) is 34.9 Å². The van der Waals surface area contributed by atoms with Gasteiger partial charge in [-0.05, 0) is 31.7 Å². The second kappa shape index (κ2) is 7.16.